The lowest BCUT2D eigenvalue weighted by atomic mass is 10.2. The summed E-state index contributed by atoms with van der Waals surface area (Å²) in [6, 6.07) is 5.83. The Labute approximate surface area is 138 Å². The maximum Gasteiger partial charge on any atom is 0.214 e. The van der Waals surface area contributed by atoms with E-state index in [2.05, 4.69) is 21.9 Å². The summed E-state index contributed by atoms with van der Waals surface area (Å²) >= 11 is 0. The summed E-state index contributed by atoms with van der Waals surface area (Å²) in [5.74, 6) is -1.29. The van der Waals surface area contributed by atoms with Crippen LogP contribution in [0.2, 0.25) is 0 Å². The molecule has 0 saturated heterocycles. The summed E-state index contributed by atoms with van der Waals surface area (Å²) < 4.78 is 32.3. The number of pyridine rings is 1. The lowest BCUT2D eigenvalue weighted by Crippen LogP contribution is -2.07. The largest absolute Gasteiger partial charge is 0.475 e. The molecule has 0 radical (unpaired) electrons. The first-order valence-electron chi connectivity index (χ1n) is 7.49. The molecule has 0 aliphatic heterocycles. The minimum atomic E-state index is -0.896. The molecular weight excluding hydrogens is 312 g/mol. The van der Waals surface area contributed by atoms with E-state index in [-0.39, 0.29) is 6.10 Å². The molecule has 3 rings (SSSR count). The first-order chi connectivity index (χ1) is 11.4. The molecule has 3 aromatic rings. The fourth-order valence-electron chi connectivity index (χ4n) is 2.36. The monoisotopic (exact) mass is 329 g/mol. The SMILES string of the molecule is C=C(Nc1c[nH]c2cc(F)c(F)cc12)c1ccnc(OC(C)C)c1. The predicted octanol–water partition coefficient (Wildman–Crippen LogP) is 4.71. The number of rotatable bonds is 5. The number of ether oxygens (including phenoxy) is 1. The van der Waals surface area contributed by atoms with Gasteiger partial charge in [0, 0.05) is 41.2 Å². The second-order valence-corrected chi connectivity index (χ2v) is 5.67. The summed E-state index contributed by atoms with van der Waals surface area (Å²) in [5.41, 5.74) is 2.49. The van der Waals surface area contributed by atoms with Gasteiger partial charge in [0.2, 0.25) is 5.88 Å². The third-order valence-corrected chi connectivity index (χ3v) is 3.45. The molecule has 0 bridgehead atoms. The second kappa shape index (κ2) is 6.31. The maximum atomic E-state index is 13.5. The van der Waals surface area contributed by atoms with Crippen LogP contribution in [0.1, 0.15) is 19.4 Å². The van der Waals surface area contributed by atoms with E-state index in [1.54, 1.807) is 24.5 Å². The highest BCUT2D eigenvalue weighted by Crippen LogP contribution is 2.28. The van der Waals surface area contributed by atoms with Gasteiger partial charge in [-0.25, -0.2) is 13.8 Å². The Bertz CT molecular complexity index is 902. The molecular formula is C18H17F2N3O. The lowest BCUT2D eigenvalue weighted by molar-refractivity contribution is 0.232. The number of aromatic amines is 1. The van der Waals surface area contributed by atoms with Gasteiger partial charge in [-0.15, -0.1) is 0 Å². The van der Waals surface area contributed by atoms with Crippen molar-refractivity contribution in [2.75, 3.05) is 5.32 Å². The normalized spacial score (nSPS) is 11.0. The Hall–Kier alpha value is -2.89. The summed E-state index contributed by atoms with van der Waals surface area (Å²) in [5, 5.41) is 3.65. The fraction of sp³-hybridized carbons (Fsp3) is 0.167. The van der Waals surface area contributed by atoms with Crippen molar-refractivity contribution in [1.29, 1.82) is 0 Å². The minimum absolute atomic E-state index is 0.0143. The van der Waals surface area contributed by atoms with Gasteiger partial charge in [0.25, 0.3) is 0 Å². The molecule has 1 aromatic carbocycles. The van der Waals surface area contributed by atoms with Crippen LogP contribution in [0.3, 0.4) is 0 Å². The predicted molar refractivity (Wildman–Crippen MR) is 90.9 cm³/mol. The molecule has 0 fully saturated rings. The molecule has 2 heterocycles. The lowest BCUT2D eigenvalue weighted by Gasteiger charge is -2.12. The van der Waals surface area contributed by atoms with Crippen molar-refractivity contribution in [3.05, 3.63) is 60.4 Å². The Morgan fingerprint density at radius 2 is 2.00 bits per heavy atom. The zero-order valence-corrected chi connectivity index (χ0v) is 13.4. The van der Waals surface area contributed by atoms with E-state index >= 15 is 0 Å². The Morgan fingerprint density at radius 3 is 2.75 bits per heavy atom. The minimum Gasteiger partial charge on any atom is -0.475 e. The second-order valence-electron chi connectivity index (χ2n) is 5.67. The van der Waals surface area contributed by atoms with Gasteiger partial charge in [-0.05, 0) is 26.0 Å². The van der Waals surface area contributed by atoms with E-state index in [4.69, 9.17) is 4.74 Å². The van der Waals surface area contributed by atoms with Gasteiger partial charge in [0.15, 0.2) is 11.6 Å². The van der Waals surface area contributed by atoms with E-state index < -0.39 is 11.6 Å². The summed E-state index contributed by atoms with van der Waals surface area (Å²) in [6.07, 6.45) is 3.28. The van der Waals surface area contributed by atoms with Crippen molar-refractivity contribution in [3.8, 4) is 5.88 Å². The Morgan fingerprint density at radius 1 is 1.25 bits per heavy atom. The number of halogens is 2. The van der Waals surface area contributed by atoms with Crippen LogP contribution in [0.5, 0.6) is 5.88 Å². The molecule has 4 nitrogen and oxygen atoms in total. The van der Waals surface area contributed by atoms with Crippen LogP contribution in [-0.4, -0.2) is 16.1 Å². The number of anilines is 1. The van der Waals surface area contributed by atoms with Crippen molar-refractivity contribution in [2.24, 2.45) is 0 Å². The summed E-state index contributed by atoms with van der Waals surface area (Å²) in [7, 11) is 0. The highest BCUT2D eigenvalue weighted by molar-refractivity contribution is 5.96. The third-order valence-electron chi connectivity index (χ3n) is 3.45. The third kappa shape index (κ3) is 3.22. The number of aromatic nitrogens is 2. The number of hydrogen-bond acceptors (Lipinski definition) is 3. The number of nitrogens with zero attached hydrogens (tertiary/aromatic N) is 1. The van der Waals surface area contributed by atoms with Gasteiger partial charge in [-0.3, -0.25) is 0 Å². The molecule has 0 atom stereocenters. The summed E-state index contributed by atoms with van der Waals surface area (Å²) in [4.78, 5) is 7.04. The smallest absolute Gasteiger partial charge is 0.214 e. The average Bonchev–Trinajstić information content (AvgIpc) is 2.89. The highest BCUT2D eigenvalue weighted by Gasteiger charge is 2.11. The van der Waals surface area contributed by atoms with Gasteiger partial charge in [-0.1, -0.05) is 6.58 Å². The van der Waals surface area contributed by atoms with E-state index in [9.17, 15) is 8.78 Å². The molecule has 2 N–H and O–H groups in total. The maximum absolute atomic E-state index is 13.5. The standard InChI is InChI=1S/C18H17F2N3O/c1-10(2)24-18-6-12(4-5-21-18)11(3)23-17-9-22-16-8-15(20)14(19)7-13(16)17/h4-10,22-23H,3H2,1-2H3. The number of fused-ring (bicyclic) bond motifs is 1. The van der Waals surface area contributed by atoms with Gasteiger partial charge in [0.05, 0.1) is 17.3 Å². The molecule has 0 saturated carbocycles. The number of hydrogen-bond donors (Lipinski definition) is 2. The average molecular weight is 329 g/mol. The van der Waals surface area contributed by atoms with E-state index in [1.165, 1.54) is 0 Å². The zero-order chi connectivity index (χ0) is 17.3. The Kier molecular flexibility index (Phi) is 4.20. The Balaban J connectivity index is 1.86. The van der Waals surface area contributed by atoms with Crippen molar-refractivity contribution in [1.82, 2.24) is 9.97 Å². The summed E-state index contributed by atoms with van der Waals surface area (Å²) in [6.45, 7) is 7.83. The van der Waals surface area contributed by atoms with E-state index in [1.807, 2.05) is 13.8 Å². The molecule has 24 heavy (non-hydrogen) atoms. The van der Waals surface area contributed by atoms with Gasteiger partial charge in [-0.2, -0.15) is 0 Å². The quantitative estimate of drug-likeness (QED) is 0.712. The molecule has 6 heteroatoms. The molecule has 0 aliphatic carbocycles. The van der Waals surface area contributed by atoms with E-state index in [0.29, 0.717) is 28.2 Å². The molecule has 2 aromatic heterocycles. The first-order valence-corrected chi connectivity index (χ1v) is 7.49. The number of nitrogens with one attached hydrogen (secondary N) is 2. The van der Waals surface area contributed by atoms with Gasteiger partial charge < -0.3 is 15.0 Å². The molecule has 0 amide bonds. The van der Waals surface area contributed by atoms with Crippen LogP contribution in [-0.2, 0) is 0 Å². The van der Waals surface area contributed by atoms with Gasteiger partial charge in [0.1, 0.15) is 0 Å². The number of benzene rings is 1. The van der Waals surface area contributed by atoms with E-state index in [0.717, 1.165) is 17.7 Å². The van der Waals surface area contributed by atoms with Crippen LogP contribution < -0.4 is 10.1 Å². The van der Waals surface area contributed by atoms with Crippen molar-refractivity contribution in [2.45, 2.75) is 20.0 Å². The zero-order valence-electron chi connectivity index (χ0n) is 13.4. The molecule has 124 valence electrons. The molecule has 0 aliphatic rings. The first kappa shape index (κ1) is 16.0. The van der Waals surface area contributed by atoms with Crippen molar-refractivity contribution < 1.29 is 13.5 Å². The van der Waals surface area contributed by atoms with Crippen LogP contribution in [0, 0.1) is 11.6 Å². The van der Waals surface area contributed by atoms with Crippen LogP contribution in [0.25, 0.3) is 16.6 Å². The van der Waals surface area contributed by atoms with Crippen LogP contribution >= 0.6 is 0 Å². The molecule has 0 spiro atoms. The van der Waals surface area contributed by atoms with Crippen LogP contribution in [0.15, 0.2) is 43.2 Å². The molecule has 0 unspecified atom stereocenters. The van der Waals surface area contributed by atoms with Crippen molar-refractivity contribution in [3.63, 3.8) is 0 Å². The fourth-order valence-corrected chi connectivity index (χ4v) is 2.36. The van der Waals surface area contributed by atoms with Gasteiger partial charge >= 0.3 is 0 Å². The van der Waals surface area contributed by atoms with Crippen LogP contribution in [0.4, 0.5) is 14.5 Å². The topological polar surface area (TPSA) is 49.9 Å². The number of H-pyrrole nitrogens is 1. The van der Waals surface area contributed by atoms with Crippen molar-refractivity contribution >= 4 is 22.3 Å². The highest BCUT2D eigenvalue weighted by atomic mass is 19.2.